The van der Waals surface area contributed by atoms with Gasteiger partial charge >= 0.3 is 5.97 Å². The lowest BCUT2D eigenvalue weighted by Gasteiger charge is -2.01. The van der Waals surface area contributed by atoms with Crippen molar-refractivity contribution >= 4 is 17.6 Å². The highest BCUT2D eigenvalue weighted by molar-refractivity contribution is 6.33. The predicted octanol–water partition coefficient (Wildman–Crippen LogP) is 2.61. The minimum Gasteiger partial charge on any atom is -0.460 e. The summed E-state index contributed by atoms with van der Waals surface area (Å²) in [6.45, 7) is 3.91. The standard InChI is InChI=1S/C12H12ClN3O2/c1-3-18-12(17)11-14-10(15-16-11)8-6-4-5-7(2)9(8)13/h4-6H,3H2,1-2H3,(H,14,15,16). The van der Waals surface area contributed by atoms with Gasteiger partial charge in [-0.2, -0.15) is 5.10 Å². The van der Waals surface area contributed by atoms with Crippen LogP contribution in [0.3, 0.4) is 0 Å². The van der Waals surface area contributed by atoms with E-state index in [4.69, 9.17) is 16.3 Å². The molecule has 1 heterocycles. The maximum atomic E-state index is 11.5. The van der Waals surface area contributed by atoms with Crippen LogP contribution in [-0.2, 0) is 4.74 Å². The number of carbonyl (C=O) groups excluding carboxylic acids is 1. The fraction of sp³-hybridized carbons (Fsp3) is 0.250. The molecule has 0 fully saturated rings. The molecule has 2 aromatic rings. The van der Waals surface area contributed by atoms with Crippen molar-refractivity contribution in [2.45, 2.75) is 13.8 Å². The van der Waals surface area contributed by atoms with E-state index in [1.165, 1.54) is 0 Å². The van der Waals surface area contributed by atoms with Gasteiger partial charge in [0.1, 0.15) is 0 Å². The van der Waals surface area contributed by atoms with Gasteiger partial charge in [0.25, 0.3) is 0 Å². The van der Waals surface area contributed by atoms with E-state index in [0.29, 0.717) is 23.0 Å². The summed E-state index contributed by atoms with van der Waals surface area (Å²) in [6.07, 6.45) is 0. The number of carbonyl (C=O) groups is 1. The number of nitrogens with zero attached hydrogens (tertiary/aromatic N) is 2. The van der Waals surface area contributed by atoms with Gasteiger partial charge in [-0.1, -0.05) is 23.7 Å². The van der Waals surface area contributed by atoms with Crippen molar-refractivity contribution in [2.75, 3.05) is 6.61 Å². The number of aromatic nitrogens is 3. The normalized spacial score (nSPS) is 10.4. The molecule has 0 aliphatic heterocycles. The van der Waals surface area contributed by atoms with E-state index < -0.39 is 5.97 Å². The van der Waals surface area contributed by atoms with Gasteiger partial charge in [0.2, 0.25) is 5.82 Å². The first-order valence-corrected chi connectivity index (χ1v) is 5.86. The highest BCUT2D eigenvalue weighted by Gasteiger charge is 2.15. The van der Waals surface area contributed by atoms with Crippen molar-refractivity contribution in [2.24, 2.45) is 0 Å². The lowest BCUT2D eigenvalue weighted by Crippen LogP contribution is -2.06. The van der Waals surface area contributed by atoms with Crippen molar-refractivity contribution in [3.8, 4) is 11.4 Å². The molecule has 0 saturated carbocycles. The quantitative estimate of drug-likeness (QED) is 0.866. The zero-order valence-electron chi connectivity index (χ0n) is 10.0. The van der Waals surface area contributed by atoms with Gasteiger partial charge in [0.05, 0.1) is 11.6 Å². The SMILES string of the molecule is CCOC(=O)c1nc(-c2cccc(C)c2Cl)n[nH]1. The maximum absolute atomic E-state index is 11.5. The number of esters is 1. The molecule has 1 N–H and O–H groups in total. The Morgan fingerprint density at radius 2 is 2.28 bits per heavy atom. The molecular formula is C12H12ClN3O2. The first kappa shape index (κ1) is 12.6. The van der Waals surface area contributed by atoms with Crippen molar-refractivity contribution in [1.82, 2.24) is 15.2 Å². The average Bonchev–Trinajstić information content (AvgIpc) is 2.82. The summed E-state index contributed by atoms with van der Waals surface area (Å²) in [5, 5.41) is 7.09. The molecule has 2 rings (SSSR count). The minimum absolute atomic E-state index is 0.0735. The second-order valence-electron chi connectivity index (χ2n) is 3.66. The number of rotatable bonds is 3. The van der Waals surface area contributed by atoms with Crippen LogP contribution < -0.4 is 0 Å². The molecule has 0 spiro atoms. The number of halogens is 1. The van der Waals surface area contributed by atoms with Crippen LogP contribution in [0.1, 0.15) is 23.1 Å². The van der Waals surface area contributed by atoms with Crippen molar-refractivity contribution in [3.63, 3.8) is 0 Å². The maximum Gasteiger partial charge on any atom is 0.375 e. The second-order valence-corrected chi connectivity index (χ2v) is 4.04. The van der Waals surface area contributed by atoms with E-state index in [2.05, 4.69) is 15.2 Å². The molecule has 1 aromatic heterocycles. The summed E-state index contributed by atoms with van der Waals surface area (Å²) in [4.78, 5) is 15.5. The van der Waals surface area contributed by atoms with E-state index in [1.54, 1.807) is 13.0 Å². The van der Waals surface area contributed by atoms with E-state index >= 15 is 0 Å². The fourth-order valence-corrected chi connectivity index (χ4v) is 1.70. The van der Waals surface area contributed by atoms with Crippen molar-refractivity contribution in [3.05, 3.63) is 34.6 Å². The number of hydrogen-bond acceptors (Lipinski definition) is 4. The highest BCUT2D eigenvalue weighted by Crippen LogP contribution is 2.27. The van der Waals surface area contributed by atoms with Crippen molar-refractivity contribution < 1.29 is 9.53 Å². The molecule has 5 nitrogen and oxygen atoms in total. The fourth-order valence-electron chi connectivity index (χ4n) is 1.49. The van der Waals surface area contributed by atoms with Crippen LogP contribution >= 0.6 is 11.6 Å². The Labute approximate surface area is 109 Å². The lowest BCUT2D eigenvalue weighted by atomic mass is 10.1. The molecule has 6 heteroatoms. The van der Waals surface area contributed by atoms with Gasteiger partial charge in [0, 0.05) is 5.56 Å². The molecular weight excluding hydrogens is 254 g/mol. The van der Waals surface area contributed by atoms with Crippen LogP contribution in [0.15, 0.2) is 18.2 Å². The summed E-state index contributed by atoms with van der Waals surface area (Å²) >= 11 is 6.17. The summed E-state index contributed by atoms with van der Waals surface area (Å²) in [5.74, 6) is -0.0730. The van der Waals surface area contributed by atoms with Crippen LogP contribution in [0.5, 0.6) is 0 Å². The minimum atomic E-state index is -0.528. The smallest absolute Gasteiger partial charge is 0.375 e. The van der Waals surface area contributed by atoms with E-state index in [9.17, 15) is 4.79 Å². The zero-order chi connectivity index (χ0) is 13.1. The largest absolute Gasteiger partial charge is 0.460 e. The predicted molar refractivity (Wildman–Crippen MR) is 67.5 cm³/mol. The molecule has 0 atom stereocenters. The van der Waals surface area contributed by atoms with Crippen LogP contribution in [0.25, 0.3) is 11.4 Å². The number of aromatic amines is 1. The summed E-state index contributed by atoms with van der Waals surface area (Å²) in [5.41, 5.74) is 1.61. The molecule has 94 valence electrons. The Kier molecular flexibility index (Phi) is 3.62. The molecule has 0 radical (unpaired) electrons. The molecule has 0 unspecified atom stereocenters. The van der Waals surface area contributed by atoms with Gasteiger partial charge < -0.3 is 4.74 Å². The Hall–Kier alpha value is -1.88. The third-order valence-corrected chi connectivity index (χ3v) is 2.89. The number of benzene rings is 1. The Morgan fingerprint density at radius 3 is 3.00 bits per heavy atom. The number of aryl methyl sites for hydroxylation is 1. The molecule has 0 saturated heterocycles. The third-order valence-electron chi connectivity index (χ3n) is 2.39. The zero-order valence-corrected chi connectivity index (χ0v) is 10.8. The molecule has 1 aromatic carbocycles. The molecule has 0 bridgehead atoms. The second kappa shape index (κ2) is 5.18. The van der Waals surface area contributed by atoms with E-state index in [-0.39, 0.29) is 5.82 Å². The van der Waals surface area contributed by atoms with Crippen LogP contribution in [0, 0.1) is 6.92 Å². The summed E-state index contributed by atoms with van der Waals surface area (Å²) < 4.78 is 4.83. The lowest BCUT2D eigenvalue weighted by molar-refractivity contribution is 0.0512. The highest BCUT2D eigenvalue weighted by atomic mass is 35.5. The van der Waals surface area contributed by atoms with Gasteiger partial charge in [-0.25, -0.2) is 9.78 Å². The van der Waals surface area contributed by atoms with Crippen LogP contribution in [0.4, 0.5) is 0 Å². The topological polar surface area (TPSA) is 67.9 Å². The Bertz CT molecular complexity index is 580. The number of hydrogen-bond donors (Lipinski definition) is 1. The van der Waals surface area contributed by atoms with E-state index in [0.717, 1.165) is 5.56 Å². The monoisotopic (exact) mass is 265 g/mol. The van der Waals surface area contributed by atoms with Crippen molar-refractivity contribution in [1.29, 1.82) is 0 Å². The van der Waals surface area contributed by atoms with Gasteiger partial charge in [0.15, 0.2) is 5.82 Å². The molecule has 0 amide bonds. The van der Waals surface area contributed by atoms with Gasteiger partial charge in [-0.05, 0) is 25.5 Å². The Balaban J connectivity index is 2.35. The first-order chi connectivity index (χ1) is 8.63. The summed E-state index contributed by atoms with van der Waals surface area (Å²) in [7, 11) is 0. The Morgan fingerprint density at radius 1 is 1.50 bits per heavy atom. The summed E-state index contributed by atoms with van der Waals surface area (Å²) in [6, 6.07) is 5.55. The molecule has 0 aliphatic rings. The van der Waals surface area contributed by atoms with Gasteiger partial charge in [-0.3, -0.25) is 5.10 Å². The first-order valence-electron chi connectivity index (χ1n) is 5.48. The van der Waals surface area contributed by atoms with Crippen LogP contribution in [-0.4, -0.2) is 27.8 Å². The van der Waals surface area contributed by atoms with Gasteiger partial charge in [-0.15, -0.1) is 0 Å². The number of H-pyrrole nitrogens is 1. The van der Waals surface area contributed by atoms with Crippen LogP contribution in [0.2, 0.25) is 5.02 Å². The molecule has 0 aliphatic carbocycles. The third kappa shape index (κ3) is 2.36. The average molecular weight is 266 g/mol. The number of nitrogens with one attached hydrogen (secondary N) is 1. The molecule has 18 heavy (non-hydrogen) atoms. The number of ether oxygens (including phenoxy) is 1. The van der Waals surface area contributed by atoms with E-state index in [1.807, 2.05) is 19.1 Å².